The topological polar surface area (TPSA) is 73.0 Å². The number of aromatic nitrogens is 3. The average Bonchev–Trinajstić information content (AvgIpc) is 3.37. The number of hydrogen-bond donors (Lipinski definition) is 1. The number of amides is 1. The van der Waals surface area contributed by atoms with E-state index < -0.39 is 0 Å². The first-order chi connectivity index (χ1) is 14.5. The summed E-state index contributed by atoms with van der Waals surface area (Å²) in [6.07, 6.45) is 3.37. The Hall–Kier alpha value is -3.67. The van der Waals surface area contributed by atoms with Gasteiger partial charge in [0.25, 0.3) is 5.91 Å². The van der Waals surface area contributed by atoms with E-state index in [4.69, 9.17) is 4.42 Å². The lowest BCUT2D eigenvalue weighted by Crippen LogP contribution is -2.13. The van der Waals surface area contributed by atoms with Crippen LogP contribution >= 0.6 is 0 Å². The van der Waals surface area contributed by atoms with Crippen molar-refractivity contribution in [3.63, 3.8) is 0 Å². The summed E-state index contributed by atoms with van der Waals surface area (Å²) in [4.78, 5) is 17.1. The first-order valence-electron chi connectivity index (χ1n) is 9.95. The Kier molecular flexibility index (Phi) is 5.48. The van der Waals surface area contributed by atoms with Crippen molar-refractivity contribution in [2.75, 3.05) is 5.32 Å². The minimum atomic E-state index is -0.183. The zero-order chi connectivity index (χ0) is 21.1. The zero-order valence-electron chi connectivity index (χ0n) is 17.3. The second-order valence-corrected chi connectivity index (χ2v) is 7.54. The normalized spacial score (nSPS) is 11.1. The number of benzene rings is 2. The molecule has 0 saturated carbocycles. The molecule has 4 rings (SSSR count). The number of rotatable bonds is 6. The number of hydrogen-bond acceptors (Lipinski definition) is 4. The molecule has 4 aromatic rings. The van der Waals surface area contributed by atoms with Crippen LogP contribution in [0, 0.1) is 6.92 Å². The van der Waals surface area contributed by atoms with Gasteiger partial charge >= 0.3 is 0 Å². The molecule has 6 nitrogen and oxygen atoms in total. The molecule has 0 fully saturated rings. The first kappa shape index (κ1) is 19.6. The molecule has 2 aromatic heterocycles. The SMILES string of the molecule is Cc1c(C(=O)Nc2ccc(-c3ncc(C(C)C)o3)cc2)cnn1Cc1ccccc1. The summed E-state index contributed by atoms with van der Waals surface area (Å²) >= 11 is 0. The van der Waals surface area contributed by atoms with Crippen LogP contribution in [0.2, 0.25) is 0 Å². The third-order valence-electron chi connectivity index (χ3n) is 5.01. The Balaban J connectivity index is 1.45. The predicted molar refractivity (Wildman–Crippen MR) is 116 cm³/mol. The number of oxazole rings is 1. The summed E-state index contributed by atoms with van der Waals surface area (Å²) in [6, 6.07) is 17.5. The smallest absolute Gasteiger partial charge is 0.259 e. The Labute approximate surface area is 175 Å². The molecule has 0 radical (unpaired) electrons. The summed E-state index contributed by atoms with van der Waals surface area (Å²) in [5, 5.41) is 7.31. The lowest BCUT2D eigenvalue weighted by atomic mass is 10.2. The molecule has 0 atom stereocenters. The van der Waals surface area contributed by atoms with Crippen LogP contribution in [-0.2, 0) is 6.54 Å². The van der Waals surface area contributed by atoms with E-state index in [0.717, 1.165) is 22.6 Å². The summed E-state index contributed by atoms with van der Waals surface area (Å²) in [5.74, 6) is 1.54. The van der Waals surface area contributed by atoms with Gasteiger partial charge in [-0.2, -0.15) is 5.10 Å². The lowest BCUT2D eigenvalue weighted by Gasteiger charge is -2.07. The highest BCUT2D eigenvalue weighted by Crippen LogP contribution is 2.24. The van der Waals surface area contributed by atoms with Crippen LogP contribution in [0.15, 0.2) is 71.4 Å². The van der Waals surface area contributed by atoms with Crippen LogP contribution in [0.1, 0.15) is 47.1 Å². The summed E-state index contributed by atoms with van der Waals surface area (Å²) < 4.78 is 7.61. The molecule has 0 saturated heterocycles. The van der Waals surface area contributed by atoms with Gasteiger partial charge in [-0.15, -0.1) is 0 Å². The van der Waals surface area contributed by atoms with Crippen LogP contribution < -0.4 is 5.32 Å². The van der Waals surface area contributed by atoms with Crippen molar-refractivity contribution < 1.29 is 9.21 Å². The second kappa shape index (κ2) is 8.37. The third-order valence-corrected chi connectivity index (χ3v) is 5.01. The molecular formula is C24H24N4O2. The van der Waals surface area contributed by atoms with Gasteiger partial charge in [0.1, 0.15) is 5.76 Å². The highest BCUT2D eigenvalue weighted by atomic mass is 16.4. The summed E-state index contributed by atoms with van der Waals surface area (Å²) in [7, 11) is 0. The van der Waals surface area contributed by atoms with E-state index in [1.54, 1.807) is 12.4 Å². The van der Waals surface area contributed by atoms with E-state index in [9.17, 15) is 4.79 Å². The van der Waals surface area contributed by atoms with E-state index >= 15 is 0 Å². The molecule has 2 aromatic carbocycles. The van der Waals surface area contributed by atoms with Crippen molar-refractivity contribution in [3.05, 3.63) is 89.6 Å². The van der Waals surface area contributed by atoms with Crippen LogP contribution in [0.3, 0.4) is 0 Å². The first-order valence-corrected chi connectivity index (χ1v) is 9.95. The van der Waals surface area contributed by atoms with Crippen molar-refractivity contribution in [2.24, 2.45) is 0 Å². The minimum Gasteiger partial charge on any atom is -0.441 e. The van der Waals surface area contributed by atoms with Crippen LogP contribution in [0.5, 0.6) is 0 Å². The Bertz CT molecular complexity index is 1140. The van der Waals surface area contributed by atoms with E-state index in [1.807, 2.05) is 66.2 Å². The summed E-state index contributed by atoms with van der Waals surface area (Å²) in [5.41, 5.74) is 4.10. The van der Waals surface area contributed by atoms with E-state index in [1.165, 1.54) is 0 Å². The van der Waals surface area contributed by atoms with E-state index in [2.05, 4.69) is 29.2 Å². The number of carbonyl (C=O) groups excluding carboxylic acids is 1. The van der Waals surface area contributed by atoms with Crippen molar-refractivity contribution >= 4 is 11.6 Å². The highest BCUT2D eigenvalue weighted by molar-refractivity contribution is 6.04. The van der Waals surface area contributed by atoms with Gasteiger partial charge in [-0.05, 0) is 36.8 Å². The van der Waals surface area contributed by atoms with Gasteiger partial charge < -0.3 is 9.73 Å². The largest absolute Gasteiger partial charge is 0.441 e. The molecule has 0 aliphatic heterocycles. The maximum Gasteiger partial charge on any atom is 0.259 e. The number of carbonyl (C=O) groups is 1. The van der Waals surface area contributed by atoms with Crippen molar-refractivity contribution in [3.8, 4) is 11.5 Å². The van der Waals surface area contributed by atoms with Gasteiger partial charge in [0.05, 0.1) is 24.5 Å². The molecule has 0 aliphatic rings. The fourth-order valence-corrected chi connectivity index (χ4v) is 3.17. The van der Waals surface area contributed by atoms with Crippen LogP contribution in [-0.4, -0.2) is 20.7 Å². The van der Waals surface area contributed by atoms with Crippen molar-refractivity contribution in [1.29, 1.82) is 0 Å². The Morgan fingerprint density at radius 2 is 1.80 bits per heavy atom. The van der Waals surface area contributed by atoms with Gasteiger partial charge in [0.15, 0.2) is 0 Å². The molecular weight excluding hydrogens is 376 g/mol. The standard InChI is InChI=1S/C24H24N4O2/c1-16(2)22-14-25-24(30-22)19-9-11-20(12-10-19)27-23(29)21-13-26-28(17(21)3)15-18-7-5-4-6-8-18/h4-14,16H,15H2,1-3H3,(H,27,29). The predicted octanol–water partition coefficient (Wildman–Crippen LogP) is 5.27. The van der Waals surface area contributed by atoms with E-state index in [0.29, 0.717) is 23.7 Å². The number of anilines is 1. The van der Waals surface area contributed by atoms with Crippen LogP contribution in [0.4, 0.5) is 5.69 Å². The van der Waals surface area contributed by atoms with Gasteiger partial charge in [0, 0.05) is 22.9 Å². The number of nitrogens with zero attached hydrogens (tertiary/aromatic N) is 3. The Morgan fingerprint density at radius 1 is 1.07 bits per heavy atom. The van der Waals surface area contributed by atoms with Gasteiger partial charge in [-0.1, -0.05) is 44.2 Å². The molecule has 6 heteroatoms. The molecule has 0 aliphatic carbocycles. The van der Waals surface area contributed by atoms with Crippen LogP contribution in [0.25, 0.3) is 11.5 Å². The molecule has 30 heavy (non-hydrogen) atoms. The fourth-order valence-electron chi connectivity index (χ4n) is 3.17. The molecule has 1 N–H and O–H groups in total. The molecule has 152 valence electrons. The minimum absolute atomic E-state index is 0.183. The molecule has 0 bridgehead atoms. The maximum absolute atomic E-state index is 12.7. The second-order valence-electron chi connectivity index (χ2n) is 7.54. The molecule has 1 amide bonds. The molecule has 0 spiro atoms. The van der Waals surface area contributed by atoms with E-state index in [-0.39, 0.29) is 11.8 Å². The Morgan fingerprint density at radius 3 is 2.47 bits per heavy atom. The molecule has 2 heterocycles. The van der Waals surface area contributed by atoms with Crippen molar-refractivity contribution in [2.45, 2.75) is 33.2 Å². The lowest BCUT2D eigenvalue weighted by molar-refractivity contribution is 0.102. The number of nitrogens with one attached hydrogen (secondary N) is 1. The summed E-state index contributed by atoms with van der Waals surface area (Å²) in [6.45, 7) is 6.66. The van der Waals surface area contributed by atoms with Gasteiger partial charge in [0.2, 0.25) is 5.89 Å². The zero-order valence-corrected chi connectivity index (χ0v) is 17.3. The quantitative estimate of drug-likeness (QED) is 0.478. The maximum atomic E-state index is 12.7. The third kappa shape index (κ3) is 4.17. The average molecular weight is 400 g/mol. The highest BCUT2D eigenvalue weighted by Gasteiger charge is 2.15. The fraction of sp³-hybridized carbons (Fsp3) is 0.208. The van der Waals surface area contributed by atoms with Crippen molar-refractivity contribution in [1.82, 2.24) is 14.8 Å². The monoisotopic (exact) mass is 400 g/mol. The molecule has 0 unspecified atom stereocenters. The van der Waals surface area contributed by atoms with Gasteiger partial charge in [-0.3, -0.25) is 9.48 Å². The van der Waals surface area contributed by atoms with Gasteiger partial charge in [-0.25, -0.2) is 4.98 Å².